The Morgan fingerprint density at radius 1 is 1.41 bits per heavy atom. The number of amides is 1. The van der Waals surface area contributed by atoms with E-state index in [2.05, 4.69) is 10.1 Å². The summed E-state index contributed by atoms with van der Waals surface area (Å²) in [6.45, 7) is -0.312. The standard InChI is InChI=1S/C11H12FNO3S/c1-13-10(14)6-16-11(15)7-17-9-5-3-2-4-8(9)12/h2-5H,6-7H2,1H3,(H,13,14). The second-order valence-corrected chi connectivity index (χ2v) is 4.07. The normalized spacial score (nSPS) is 9.76. The molecule has 0 aliphatic carbocycles. The van der Waals surface area contributed by atoms with Crippen LogP contribution in [-0.2, 0) is 14.3 Å². The highest BCUT2D eigenvalue weighted by atomic mass is 32.2. The van der Waals surface area contributed by atoms with Crippen molar-refractivity contribution in [3.63, 3.8) is 0 Å². The van der Waals surface area contributed by atoms with E-state index in [0.717, 1.165) is 11.8 Å². The van der Waals surface area contributed by atoms with E-state index in [0.29, 0.717) is 4.90 Å². The Balaban J connectivity index is 2.34. The number of carbonyl (C=O) groups excluding carboxylic acids is 2. The lowest BCUT2D eigenvalue weighted by Crippen LogP contribution is -2.25. The molecule has 6 heteroatoms. The van der Waals surface area contributed by atoms with E-state index in [1.54, 1.807) is 18.2 Å². The van der Waals surface area contributed by atoms with E-state index >= 15 is 0 Å². The molecule has 0 aromatic heterocycles. The van der Waals surface area contributed by atoms with Crippen LogP contribution in [0, 0.1) is 5.82 Å². The predicted molar refractivity (Wildman–Crippen MR) is 62.1 cm³/mol. The fraction of sp³-hybridized carbons (Fsp3) is 0.273. The molecule has 0 fully saturated rings. The minimum absolute atomic E-state index is 0.0298. The van der Waals surface area contributed by atoms with Crippen LogP contribution in [0.3, 0.4) is 0 Å². The van der Waals surface area contributed by atoms with Gasteiger partial charge < -0.3 is 10.1 Å². The minimum atomic E-state index is -0.554. The lowest BCUT2D eigenvalue weighted by molar-refractivity contribution is -0.145. The number of thioether (sulfide) groups is 1. The Kier molecular flexibility index (Phi) is 5.48. The summed E-state index contributed by atoms with van der Waals surface area (Å²) in [5, 5.41) is 2.32. The zero-order valence-corrected chi connectivity index (χ0v) is 10.1. The molecule has 92 valence electrons. The van der Waals surface area contributed by atoms with E-state index in [4.69, 9.17) is 0 Å². The summed E-state index contributed by atoms with van der Waals surface area (Å²) in [5.41, 5.74) is 0. The summed E-state index contributed by atoms with van der Waals surface area (Å²) < 4.78 is 17.8. The van der Waals surface area contributed by atoms with E-state index < -0.39 is 5.97 Å². The van der Waals surface area contributed by atoms with Crippen molar-refractivity contribution in [2.24, 2.45) is 0 Å². The maximum absolute atomic E-state index is 13.2. The summed E-state index contributed by atoms with van der Waals surface area (Å²) >= 11 is 1.03. The van der Waals surface area contributed by atoms with Crippen LogP contribution in [0.5, 0.6) is 0 Å². The largest absolute Gasteiger partial charge is 0.455 e. The van der Waals surface area contributed by atoms with Gasteiger partial charge in [-0.2, -0.15) is 0 Å². The molecule has 0 bridgehead atoms. The summed E-state index contributed by atoms with van der Waals surface area (Å²) in [7, 11) is 1.45. The molecule has 0 atom stereocenters. The van der Waals surface area contributed by atoms with Gasteiger partial charge in [-0.05, 0) is 12.1 Å². The molecule has 0 aliphatic heterocycles. The van der Waals surface area contributed by atoms with Gasteiger partial charge >= 0.3 is 5.97 Å². The van der Waals surface area contributed by atoms with Crippen LogP contribution in [0.4, 0.5) is 4.39 Å². The number of hydrogen-bond donors (Lipinski definition) is 1. The van der Waals surface area contributed by atoms with Crippen LogP contribution in [-0.4, -0.2) is 31.3 Å². The number of likely N-dealkylation sites (N-methyl/N-ethyl adjacent to an activating group) is 1. The Morgan fingerprint density at radius 3 is 2.76 bits per heavy atom. The highest BCUT2D eigenvalue weighted by molar-refractivity contribution is 8.00. The smallest absolute Gasteiger partial charge is 0.316 e. The predicted octanol–water partition coefficient (Wildman–Crippen LogP) is 1.21. The molecule has 0 aliphatic rings. The van der Waals surface area contributed by atoms with Crippen molar-refractivity contribution in [2.75, 3.05) is 19.4 Å². The van der Waals surface area contributed by atoms with Crippen molar-refractivity contribution in [3.05, 3.63) is 30.1 Å². The first-order valence-corrected chi connectivity index (χ1v) is 5.85. The molecule has 0 saturated heterocycles. The van der Waals surface area contributed by atoms with Gasteiger partial charge in [0.25, 0.3) is 5.91 Å². The third-order valence-corrected chi connectivity index (χ3v) is 2.85. The van der Waals surface area contributed by atoms with Crippen LogP contribution < -0.4 is 5.32 Å². The van der Waals surface area contributed by atoms with Crippen molar-refractivity contribution in [2.45, 2.75) is 4.90 Å². The number of halogens is 1. The van der Waals surface area contributed by atoms with Gasteiger partial charge in [-0.3, -0.25) is 9.59 Å². The third kappa shape index (κ3) is 4.86. The van der Waals surface area contributed by atoms with Gasteiger partial charge in [0.2, 0.25) is 0 Å². The maximum atomic E-state index is 13.2. The minimum Gasteiger partial charge on any atom is -0.455 e. The van der Waals surface area contributed by atoms with Gasteiger partial charge in [0.1, 0.15) is 5.82 Å². The van der Waals surface area contributed by atoms with Crippen molar-refractivity contribution >= 4 is 23.6 Å². The van der Waals surface area contributed by atoms with Gasteiger partial charge in [-0.1, -0.05) is 12.1 Å². The Labute approximate surface area is 103 Å². The third-order valence-electron chi connectivity index (χ3n) is 1.83. The number of carbonyl (C=O) groups is 2. The SMILES string of the molecule is CNC(=O)COC(=O)CSc1ccccc1F. The Morgan fingerprint density at radius 2 is 2.12 bits per heavy atom. The Bertz CT molecular complexity index is 411. The van der Waals surface area contributed by atoms with Gasteiger partial charge in [-0.15, -0.1) is 11.8 Å². The molecule has 4 nitrogen and oxygen atoms in total. The van der Waals surface area contributed by atoms with E-state index in [9.17, 15) is 14.0 Å². The van der Waals surface area contributed by atoms with Gasteiger partial charge in [0.05, 0.1) is 5.75 Å². The van der Waals surface area contributed by atoms with E-state index in [1.165, 1.54) is 13.1 Å². The molecule has 0 spiro atoms. The number of ether oxygens (including phenoxy) is 1. The molecule has 1 N–H and O–H groups in total. The van der Waals surface area contributed by atoms with Crippen LogP contribution in [0.1, 0.15) is 0 Å². The Hall–Kier alpha value is -1.56. The number of nitrogens with one attached hydrogen (secondary N) is 1. The zero-order valence-electron chi connectivity index (χ0n) is 9.23. The summed E-state index contributed by atoms with van der Waals surface area (Å²) in [5.74, 6) is -1.34. The fourth-order valence-corrected chi connectivity index (χ4v) is 1.70. The molecule has 1 rings (SSSR count). The first-order valence-electron chi connectivity index (χ1n) is 4.87. The van der Waals surface area contributed by atoms with Crippen LogP contribution in [0.25, 0.3) is 0 Å². The quantitative estimate of drug-likeness (QED) is 0.636. The van der Waals surface area contributed by atoms with Crippen molar-refractivity contribution in [1.82, 2.24) is 5.32 Å². The fourth-order valence-electron chi connectivity index (χ4n) is 0.958. The van der Waals surface area contributed by atoms with E-state index in [-0.39, 0.29) is 24.1 Å². The first kappa shape index (κ1) is 13.5. The highest BCUT2D eigenvalue weighted by Crippen LogP contribution is 2.20. The highest BCUT2D eigenvalue weighted by Gasteiger charge is 2.08. The molecule has 0 heterocycles. The molecule has 0 radical (unpaired) electrons. The van der Waals surface area contributed by atoms with Crippen molar-refractivity contribution < 1.29 is 18.7 Å². The molecule has 0 saturated carbocycles. The lowest BCUT2D eigenvalue weighted by Gasteiger charge is -2.04. The van der Waals surface area contributed by atoms with Crippen LogP contribution in [0.2, 0.25) is 0 Å². The average molecular weight is 257 g/mol. The molecule has 1 aromatic rings. The number of benzene rings is 1. The monoisotopic (exact) mass is 257 g/mol. The molecular formula is C11H12FNO3S. The summed E-state index contributed by atoms with van der Waals surface area (Å²) in [6.07, 6.45) is 0. The average Bonchev–Trinajstić information content (AvgIpc) is 2.35. The molecule has 17 heavy (non-hydrogen) atoms. The second-order valence-electron chi connectivity index (χ2n) is 3.05. The van der Waals surface area contributed by atoms with Gasteiger partial charge in [0, 0.05) is 11.9 Å². The molecule has 1 amide bonds. The zero-order chi connectivity index (χ0) is 12.7. The summed E-state index contributed by atoms with van der Waals surface area (Å²) in [6, 6.07) is 6.15. The summed E-state index contributed by atoms with van der Waals surface area (Å²) in [4.78, 5) is 22.4. The lowest BCUT2D eigenvalue weighted by atomic mass is 10.3. The molecule has 0 unspecified atom stereocenters. The maximum Gasteiger partial charge on any atom is 0.316 e. The van der Waals surface area contributed by atoms with Crippen LogP contribution >= 0.6 is 11.8 Å². The second kappa shape index (κ2) is 6.90. The van der Waals surface area contributed by atoms with E-state index in [1.807, 2.05) is 0 Å². The van der Waals surface area contributed by atoms with Crippen molar-refractivity contribution in [1.29, 1.82) is 0 Å². The van der Waals surface area contributed by atoms with Crippen molar-refractivity contribution in [3.8, 4) is 0 Å². The van der Waals surface area contributed by atoms with Gasteiger partial charge in [0.15, 0.2) is 6.61 Å². The topological polar surface area (TPSA) is 55.4 Å². The van der Waals surface area contributed by atoms with Crippen LogP contribution in [0.15, 0.2) is 29.2 Å². The first-order chi connectivity index (χ1) is 8.13. The number of hydrogen-bond acceptors (Lipinski definition) is 4. The number of esters is 1. The van der Waals surface area contributed by atoms with Gasteiger partial charge in [-0.25, -0.2) is 4.39 Å². The number of rotatable bonds is 5. The molecule has 1 aromatic carbocycles. The molecular weight excluding hydrogens is 245 g/mol.